The first kappa shape index (κ1) is 65.2. The number of hydrogen-bond donors (Lipinski definition) is 1. The molecule has 0 aromatic rings. The number of fused-ring (bicyclic) bond motifs is 3. The Morgan fingerprint density at radius 3 is 1.88 bits per heavy atom. The van der Waals surface area contributed by atoms with Gasteiger partial charge in [-0.1, -0.05) is 100 Å². The molecule has 0 aromatic heterocycles. The van der Waals surface area contributed by atoms with E-state index in [0.29, 0.717) is 19.3 Å². The highest BCUT2D eigenvalue weighted by Gasteiger charge is 2.57. The summed E-state index contributed by atoms with van der Waals surface area (Å²) in [5.74, 6) is -1.09. The third kappa shape index (κ3) is 16.6. The molecule has 1 N–H and O–H groups in total. The second-order valence-corrected chi connectivity index (χ2v) is 41.4. The number of likely N-dealkylation sites (N-methyl/N-ethyl adjacent to an activating group) is 1. The summed E-state index contributed by atoms with van der Waals surface area (Å²) in [5, 5.41) is 11.4. The maximum Gasteiger partial charge on any atom is 0.308 e. The van der Waals surface area contributed by atoms with E-state index in [1.807, 2.05) is 40.1 Å². The number of hydrogen-bond acceptors (Lipinski definition) is 15. The summed E-state index contributed by atoms with van der Waals surface area (Å²) in [6, 6.07) is -0.453. The molecule has 4 heterocycles. The van der Waals surface area contributed by atoms with Crippen LogP contribution in [0.25, 0.3) is 0 Å². The fourth-order valence-corrected chi connectivity index (χ4v) is 13.6. The van der Waals surface area contributed by atoms with Crippen LogP contribution in [0.5, 0.6) is 0 Å². The minimum Gasteiger partial charge on any atom is -0.462 e. The predicted molar refractivity (Wildman–Crippen MR) is 298 cm³/mol. The summed E-state index contributed by atoms with van der Waals surface area (Å²) in [7, 11) is -1.71. The number of carbonyl (C=O) groups is 2. The second-order valence-electron chi connectivity index (χ2n) is 27.1. The maximum absolute atomic E-state index is 14.1. The van der Waals surface area contributed by atoms with Gasteiger partial charge in [-0.15, -0.1) is 0 Å². The Bertz CT molecular complexity index is 1870. The zero-order valence-corrected chi connectivity index (χ0v) is 53.5. The van der Waals surface area contributed by atoms with Crippen molar-refractivity contribution in [1.82, 2.24) is 4.90 Å². The molecule has 4 aliphatic rings. The minimum absolute atomic E-state index is 0.0118. The molecular formula is C56H105NO14Si3. The lowest BCUT2D eigenvalue weighted by atomic mass is 9.83. The second kappa shape index (κ2) is 25.4. The predicted octanol–water partition coefficient (Wildman–Crippen LogP) is 11.1. The molecule has 2 bridgehead atoms. The lowest BCUT2D eigenvalue weighted by Gasteiger charge is -2.53. The van der Waals surface area contributed by atoms with Gasteiger partial charge in [-0.05, 0) is 114 Å². The quantitative estimate of drug-likeness (QED) is 0.129. The summed E-state index contributed by atoms with van der Waals surface area (Å²) >= 11 is 0. The molecular weight excluding hydrogens is 995 g/mol. The van der Waals surface area contributed by atoms with Gasteiger partial charge in [-0.3, -0.25) is 9.59 Å². The van der Waals surface area contributed by atoms with Gasteiger partial charge in [-0.2, -0.15) is 0 Å². The van der Waals surface area contributed by atoms with Gasteiger partial charge in [0.1, 0.15) is 36.3 Å². The highest BCUT2D eigenvalue weighted by atomic mass is 28.4. The minimum atomic E-state index is -2.62. The first-order valence-electron chi connectivity index (χ1n) is 27.7. The van der Waals surface area contributed by atoms with Crippen LogP contribution in [0.3, 0.4) is 0 Å². The van der Waals surface area contributed by atoms with Gasteiger partial charge in [0.25, 0.3) is 0 Å². The lowest BCUT2D eigenvalue weighted by molar-refractivity contribution is -0.342. The number of aliphatic hydroxyl groups is 1. The van der Waals surface area contributed by atoms with E-state index >= 15 is 0 Å². The highest BCUT2D eigenvalue weighted by Crippen LogP contribution is 2.46. The molecule has 0 aromatic carbocycles. The maximum atomic E-state index is 14.1. The Morgan fingerprint density at radius 2 is 1.34 bits per heavy atom. The van der Waals surface area contributed by atoms with E-state index in [1.165, 1.54) is 0 Å². The van der Waals surface area contributed by atoms with Crippen LogP contribution in [-0.2, 0) is 60.8 Å². The van der Waals surface area contributed by atoms with Gasteiger partial charge >= 0.3 is 11.9 Å². The number of allylic oxidation sites excluding steroid dienone is 2. The molecule has 4 aliphatic heterocycles. The Kier molecular flexibility index (Phi) is 22.4. The molecule has 0 radical (unpaired) electrons. The number of esters is 2. The average Bonchev–Trinajstić information content (AvgIpc) is 3.35. The normalized spacial score (nSPS) is 37.8. The highest BCUT2D eigenvalue weighted by molar-refractivity contribution is 6.75. The van der Waals surface area contributed by atoms with Crippen LogP contribution in [0, 0.1) is 11.8 Å². The zero-order chi connectivity index (χ0) is 56.3. The zero-order valence-electron chi connectivity index (χ0n) is 50.5. The summed E-state index contributed by atoms with van der Waals surface area (Å²) < 4.78 is 75.8. The Labute approximate surface area is 451 Å². The standard InChI is InChI=1S/C56H105NO14Si3/c1-25-42(58)66-51-38(5)63-45(34-56(51,15)60)67-47-37(4)64-52(50(46(47)57(16)17)71-74(23,24)55(12,13)14)68-48-39-31-35(2)40(69-72(19,20)53(6,7)8)30-28-26-27-29-36(3)62-43(59)33-41(49(48)61-18)65-44(32-39)70-73(21,22)54(9,10)11/h26-28,30,35-41,44-52,60H,25,29,31-34H2,1-24H3/b27-26+,30-28+/t35-,36-,37-,38+,39-,40+,41-,44?,45+,46+,47-,48+,49+,50-,51+,52+,56-/m1/s1. The van der Waals surface area contributed by atoms with Crippen molar-refractivity contribution >= 4 is 36.9 Å². The number of methoxy groups -OCH3 is 1. The third-order valence-corrected chi connectivity index (χ3v) is 30.8. The molecule has 4 rings (SSSR count). The molecule has 15 nitrogen and oxygen atoms in total. The van der Waals surface area contributed by atoms with Gasteiger partial charge < -0.3 is 61.2 Å². The van der Waals surface area contributed by atoms with Crippen molar-refractivity contribution in [3.63, 3.8) is 0 Å². The summed E-state index contributed by atoms with van der Waals surface area (Å²) in [6.45, 7) is 44.9. The molecule has 17 atom stereocenters. The van der Waals surface area contributed by atoms with Gasteiger partial charge in [0.15, 0.2) is 43.6 Å². The molecule has 3 fully saturated rings. The van der Waals surface area contributed by atoms with Crippen LogP contribution >= 0.6 is 0 Å². The fraction of sp³-hybridized carbons (Fsp3) is 0.893. The molecule has 74 heavy (non-hydrogen) atoms. The lowest BCUT2D eigenvalue weighted by Crippen LogP contribution is -2.68. The van der Waals surface area contributed by atoms with Crippen LogP contribution < -0.4 is 0 Å². The molecule has 1 unspecified atom stereocenters. The summed E-state index contributed by atoms with van der Waals surface area (Å²) in [4.78, 5) is 28.7. The number of nitrogens with zero attached hydrogens (tertiary/aromatic N) is 1. The average molecular weight is 1100 g/mol. The van der Waals surface area contributed by atoms with E-state index in [0.717, 1.165) is 0 Å². The van der Waals surface area contributed by atoms with Crippen molar-refractivity contribution in [3.05, 3.63) is 24.3 Å². The first-order chi connectivity index (χ1) is 33.8. The topological polar surface area (TPSA) is 159 Å². The first-order valence-corrected chi connectivity index (χ1v) is 36.4. The van der Waals surface area contributed by atoms with Crippen molar-refractivity contribution in [2.75, 3.05) is 21.2 Å². The Morgan fingerprint density at radius 1 is 0.757 bits per heavy atom. The van der Waals surface area contributed by atoms with Crippen molar-refractivity contribution in [1.29, 1.82) is 0 Å². The van der Waals surface area contributed by atoms with E-state index in [4.69, 9.17) is 51.2 Å². The molecule has 18 heteroatoms. The van der Waals surface area contributed by atoms with Crippen LogP contribution in [0.4, 0.5) is 0 Å². The molecule has 0 spiro atoms. The Hall–Kier alpha value is -1.37. The third-order valence-electron chi connectivity index (χ3n) is 17.4. The van der Waals surface area contributed by atoms with Gasteiger partial charge in [0.2, 0.25) is 0 Å². The van der Waals surface area contributed by atoms with E-state index in [1.54, 1.807) is 27.9 Å². The fourth-order valence-electron chi connectivity index (χ4n) is 9.82. The number of cyclic esters (lactones) is 1. The van der Waals surface area contributed by atoms with Gasteiger partial charge in [0, 0.05) is 32.8 Å². The summed E-state index contributed by atoms with van der Waals surface area (Å²) in [5.41, 5.74) is -1.43. The Balaban J connectivity index is 1.93. The van der Waals surface area contributed by atoms with Gasteiger partial charge in [-0.25, -0.2) is 0 Å². The van der Waals surface area contributed by atoms with Crippen LogP contribution in [-0.4, -0.2) is 160 Å². The van der Waals surface area contributed by atoms with Crippen LogP contribution in [0.2, 0.25) is 54.4 Å². The SMILES string of the molecule is CCC(=O)O[C@H]1[C@H](C)O[C@@H](O[C@H]2[C@H](N(C)C)[C@@H](O[Si](C)(C)C(C)(C)C)[C@H](O[C@H]3[C@H]4CC(O[Si](C)(C)C(C)(C)C)O[C@H](CC(=O)O[C@H](C)C/C=C/C=C/[C@H](O[Si](C)(C)C(C)(C)C)[C@H](C)C4)[C@@H]3OC)O[C@@H]2C)C[C@@]1(C)O. The van der Waals surface area contributed by atoms with Crippen molar-refractivity contribution < 1.29 is 65.9 Å². The molecule has 430 valence electrons. The smallest absolute Gasteiger partial charge is 0.308 e. The van der Waals surface area contributed by atoms with Crippen molar-refractivity contribution in [2.24, 2.45) is 11.8 Å². The molecule has 3 saturated heterocycles. The van der Waals surface area contributed by atoms with Crippen LogP contribution in [0.15, 0.2) is 24.3 Å². The largest absolute Gasteiger partial charge is 0.462 e. The van der Waals surface area contributed by atoms with E-state index in [-0.39, 0.29) is 58.4 Å². The van der Waals surface area contributed by atoms with E-state index in [9.17, 15) is 14.7 Å². The van der Waals surface area contributed by atoms with Crippen molar-refractivity contribution in [2.45, 2.75) is 288 Å². The molecule has 0 amide bonds. The number of rotatable bonds is 14. The summed E-state index contributed by atoms with van der Waals surface area (Å²) in [6.07, 6.45) is 1.16. The van der Waals surface area contributed by atoms with E-state index < -0.39 is 116 Å². The van der Waals surface area contributed by atoms with Gasteiger partial charge in [0.05, 0.1) is 43.0 Å². The van der Waals surface area contributed by atoms with E-state index in [2.05, 4.69) is 126 Å². The molecule has 0 aliphatic carbocycles. The van der Waals surface area contributed by atoms with Crippen LogP contribution in [0.1, 0.15) is 142 Å². The monoisotopic (exact) mass is 1100 g/mol. The molecule has 0 saturated carbocycles. The van der Waals surface area contributed by atoms with Crippen molar-refractivity contribution in [3.8, 4) is 0 Å². The number of ether oxygens (including phenoxy) is 8. The number of carbonyl (C=O) groups excluding carboxylic acids is 2.